The van der Waals surface area contributed by atoms with Gasteiger partial charge in [0, 0.05) is 30.4 Å². The van der Waals surface area contributed by atoms with Crippen LogP contribution in [0.2, 0.25) is 0 Å². The molecule has 94 valence electrons. The summed E-state index contributed by atoms with van der Waals surface area (Å²) in [6.07, 6.45) is 0. The molecule has 1 aliphatic rings. The van der Waals surface area contributed by atoms with Gasteiger partial charge in [-0.3, -0.25) is 0 Å². The summed E-state index contributed by atoms with van der Waals surface area (Å²) in [6.45, 7) is 3.47. The Bertz CT molecular complexity index is 515. The van der Waals surface area contributed by atoms with E-state index in [1.807, 2.05) is 12.1 Å². The van der Waals surface area contributed by atoms with Crippen molar-refractivity contribution in [3.63, 3.8) is 0 Å². The number of hydrogen-bond donors (Lipinski definition) is 1. The van der Waals surface area contributed by atoms with Gasteiger partial charge in [-0.05, 0) is 12.1 Å². The molecule has 2 N–H and O–H groups in total. The summed E-state index contributed by atoms with van der Waals surface area (Å²) in [6, 6.07) is 9.96. The van der Waals surface area contributed by atoms with Crippen LogP contribution < -0.4 is 10.6 Å². The van der Waals surface area contributed by atoms with Crippen molar-refractivity contribution in [1.29, 1.82) is 0 Å². The van der Waals surface area contributed by atoms with E-state index in [-0.39, 0.29) is 0 Å². The number of anilines is 2. The summed E-state index contributed by atoms with van der Waals surface area (Å²) < 4.78 is 10.2. The molecule has 5 nitrogen and oxygen atoms in total. The van der Waals surface area contributed by atoms with Gasteiger partial charge in [-0.2, -0.15) is 0 Å². The molecule has 0 atom stereocenters. The fourth-order valence-electron chi connectivity index (χ4n) is 2.09. The maximum Gasteiger partial charge on any atom is 0.222 e. The van der Waals surface area contributed by atoms with Crippen LogP contribution in [0.5, 0.6) is 0 Å². The van der Waals surface area contributed by atoms with Crippen LogP contribution in [0.4, 0.5) is 11.6 Å². The lowest BCUT2D eigenvalue weighted by Crippen LogP contribution is -2.36. The predicted molar refractivity (Wildman–Crippen MR) is 69.4 cm³/mol. The second-order valence-electron chi connectivity index (χ2n) is 4.26. The fourth-order valence-corrected chi connectivity index (χ4v) is 2.09. The number of aromatic nitrogens is 1. The third-order valence-corrected chi connectivity index (χ3v) is 3.07. The molecule has 0 radical (unpaired) electrons. The molecule has 5 heteroatoms. The summed E-state index contributed by atoms with van der Waals surface area (Å²) >= 11 is 0. The third kappa shape index (κ3) is 2.17. The number of morpholine rings is 1. The lowest BCUT2D eigenvalue weighted by atomic mass is 10.1. The van der Waals surface area contributed by atoms with Crippen molar-refractivity contribution >= 4 is 11.6 Å². The highest BCUT2D eigenvalue weighted by Crippen LogP contribution is 2.24. The van der Waals surface area contributed by atoms with E-state index >= 15 is 0 Å². The predicted octanol–water partition coefficient (Wildman–Crippen LogP) is 1.76. The normalized spacial score (nSPS) is 15.9. The second kappa shape index (κ2) is 4.70. The molecule has 0 amide bonds. The number of nitrogen functional groups attached to an aromatic ring is 1. The molecule has 1 aromatic heterocycles. The maximum absolute atomic E-state index is 5.51. The van der Waals surface area contributed by atoms with Gasteiger partial charge in [-0.15, -0.1) is 0 Å². The van der Waals surface area contributed by atoms with Gasteiger partial charge in [0.25, 0.3) is 0 Å². The van der Waals surface area contributed by atoms with Crippen LogP contribution in [0.3, 0.4) is 0 Å². The second-order valence-corrected chi connectivity index (χ2v) is 4.26. The van der Waals surface area contributed by atoms with Crippen molar-refractivity contribution in [2.24, 2.45) is 0 Å². The lowest BCUT2D eigenvalue weighted by Gasteiger charge is -2.28. The van der Waals surface area contributed by atoms with Gasteiger partial charge >= 0.3 is 0 Å². The SMILES string of the molecule is Nc1cc(-c2ccc(N3CCOCC3)cc2)no1. The Morgan fingerprint density at radius 2 is 1.83 bits per heavy atom. The summed E-state index contributed by atoms with van der Waals surface area (Å²) in [5, 5.41) is 3.89. The van der Waals surface area contributed by atoms with E-state index in [2.05, 4.69) is 22.2 Å². The zero-order valence-corrected chi connectivity index (χ0v) is 10.0. The van der Waals surface area contributed by atoms with Gasteiger partial charge in [0.15, 0.2) is 0 Å². The molecule has 1 fully saturated rings. The molecule has 1 aromatic carbocycles. The third-order valence-electron chi connectivity index (χ3n) is 3.07. The molecule has 0 aliphatic carbocycles. The van der Waals surface area contributed by atoms with E-state index in [4.69, 9.17) is 15.0 Å². The highest BCUT2D eigenvalue weighted by Gasteiger charge is 2.11. The number of nitrogens with zero attached hydrogens (tertiary/aromatic N) is 2. The molecular weight excluding hydrogens is 230 g/mol. The van der Waals surface area contributed by atoms with E-state index in [1.165, 1.54) is 5.69 Å². The Morgan fingerprint density at radius 1 is 1.11 bits per heavy atom. The Labute approximate surface area is 105 Å². The van der Waals surface area contributed by atoms with Gasteiger partial charge in [0.05, 0.1) is 13.2 Å². The minimum absolute atomic E-state index is 0.335. The van der Waals surface area contributed by atoms with Crippen molar-refractivity contribution < 1.29 is 9.26 Å². The Kier molecular flexibility index (Phi) is 2.90. The van der Waals surface area contributed by atoms with Gasteiger partial charge in [0.2, 0.25) is 5.88 Å². The fraction of sp³-hybridized carbons (Fsp3) is 0.308. The summed E-state index contributed by atoms with van der Waals surface area (Å²) in [5.41, 5.74) is 8.49. The van der Waals surface area contributed by atoms with E-state index < -0.39 is 0 Å². The smallest absolute Gasteiger partial charge is 0.222 e. The van der Waals surface area contributed by atoms with E-state index in [0.29, 0.717) is 5.88 Å². The van der Waals surface area contributed by atoms with Crippen LogP contribution in [0.15, 0.2) is 34.9 Å². The van der Waals surface area contributed by atoms with Crippen molar-refractivity contribution in [2.75, 3.05) is 36.9 Å². The molecule has 0 bridgehead atoms. The maximum atomic E-state index is 5.51. The van der Waals surface area contributed by atoms with Crippen LogP contribution in [-0.4, -0.2) is 31.5 Å². The minimum atomic E-state index is 0.335. The van der Waals surface area contributed by atoms with Crippen LogP contribution in [-0.2, 0) is 4.74 Å². The summed E-state index contributed by atoms with van der Waals surface area (Å²) in [4.78, 5) is 2.31. The largest absolute Gasteiger partial charge is 0.378 e. The Balaban J connectivity index is 1.80. The first-order valence-electron chi connectivity index (χ1n) is 5.98. The monoisotopic (exact) mass is 245 g/mol. The van der Waals surface area contributed by atoms with Gasteiger partial charge in [-0.25, -0.2) is 0 Å². The number of hydrogen-bond acceptors (Lipinski definition) is 5. The first-order chi connectivity index (χ1) is 8.83. The van der Waals surface area contributed by atoms with E-state index in [1.54, 1.807) is 6.07 Å². The first-order valence-corrected chi connectivity index (χ1v) is 5.98. The minimum Gasteiger partial charge on any atom is -0.378 e. The van der Waals surface area contributed by atoms with Crippen molar-refractivity contribution in [3.05, 3.63) is 30.3 Å². The van der Waals surface area contributed by atoms with Crippen molar-refractivity contribution in [3.8, 4) is 11.3 Å². The van der Waals surface area contributed by atoms with Crippen LogP contribution in [0.25, 0.3) is 11.3 Å². The quantitative estimate of drug-likeness (QED) is 0.873. The molecular formula is C13H15N3O2. The average molecular weight is 245 g/mol. The lowest BCUT2D eigenvalue weighted by molar-refractivity contribution is 0.122. The number of benzene rings is 1. The Morgan fingerprint density at radius 3 is 2.44 bits per heavy atom. The molecule has 0 spiro atoms. The van der Waals surface area contributed by atoms with Gasteiger partial charge < -0.3 is 19.9 Å². The zero-order chi connectivity index (χ0) is 12.4. The highest BCUT2D eigenvalue weighted by atomic mass is 16.5. The van der Waals surface area contributed by atoms with Crippen molar-refractivity contribution in [2.45, 2.75) is 0 Å². The molecule has 0 saturated carbocycles. The zero-order valence-electron chi connectivity index (χ0n) is 10.0. The van der Waals surface area contributed by atoms with Crippen LogP contribution in [0.1, 0.15) is 0 Å². The molecule has 2 aromatic rings. The van der Waals surface area contributed by atoms with Crippen LogP contribution in [0, 0.1) is 0 Å². The van der Waals surface area contributed by atoms with E-state index in [0.717, 1.165) is 37.6 Å². The summed E-state index contributed by atoms with van der Waals surface area (Å²) in [7, 11) is 0. The molecule has 1 aliphatic heterocycles. The van der Waals surface area contributed by atoms with Crippen molar-refractivity contribution in [1.82, 2.24) is 5.16 Å². The highest BCUT2D eigenvalue weighted by molar-refractivity contribution is 5.64. The molecule has 1 saturated heterocycles. The van der Waals surface area contributed by atoms with Crippen LogP contribution >= 0.6 is 0 Å². The van der Waals surface area contributed by atoms with Gasteiger partial charge in [-0.1, -0.05) is 17.3 Å². The topological polar surface area (TPSA) is 64.5 Å². The average Bonchev–Trinajstić information content (AvgIpc) is 2.87. The Hall–Kier alpha value is -2.01. The van der Waals surface area contributed by atoms with Gasteiger partial charge in [0.1, 0.15) is 5.69 Å². The summed E-state index contributed by atoms with van der Waals surface area (Å²) in [5.74, 6) is 0.335. The molecule has 0 unspecified atom stereocenters. The number of rotatable bonds is 2. The van der Waals surface area contributed by atoms with E-state index in [9.17, 15) is 0 Å². The number of nitrogens with two attached hydrogens (primary N) is 1. The first kappa shape index (κ1) is 11.1. The molecule has 2 heterocycles. The standard InChI is InChI=1S/C13H15N3O2/c14-13-9-12(15-18-13)10-1-3-11(4-2-10)16-5-7-17-8-6-16/h1-4,9H,5-8,14H2. The molecule has 18 heavy (non-hydrogen) atoms. The molecule has 3 rings (SSSR count). The number of ether oxygens (including phenoxy) is 1.